The van der Waals surface area contributed by atoms with Gasteiger partial charge < -0.3 is 14.9 Å². The number of carbonyl (C=O) groups is 1. The number of carbonyl (C=O) groups excluding carboxylic acids is 1. The molecule has 0 aliphatic rings. The fraction of sp³-hybridized carbons (Fsp3) is 0.278. The molecule has 6 nitrogen and oxygen atoms in total. The van der Waals surface area contributed by atoms with E-state index in [0.29, 0.717) is 31.1 Å². The van der Waals surface area contributed by atoms with Gasteiger partial charge in [-0.15, -0.1) is 11.3 Å². The van der Waals surface area contributed by atoms with Crippen molar-refractivity contribution in [2.45, 2.75) is 25.7 Å². The number of phenols is 1. The average molecular weight is 436 g/mol. The summed E-state index contributed by atoms with van der Waals surface area (Å²) in [7, 11) is 0. The molecule has 2 heterocycles. The Balaban J connectivity index is 1.36. The van der Waals surface area contributed by atoms with Gasteiger partial charge in [0.2, 0.25) is 17.6 Å². The summed E-state index contributed by atoms with van der Waals surface area (Å²) in [6.07, 6.45) is 2.43. The van der Waals surface area contributed by atoms with Crippen molar-refractivity contribution in [3.05, 3.63) is 51.6 Å². The molecule has 0 aliphatic heterocycles. The van der Waals surface area contributed by atoms with E-state index >= 15 is 0 Å². The summed E-state index contributed by atoms with van der Waals surface area (Å²) in [6.45, 7) is 0.609. The van der Waals surface area contributed by atoms with Crippen LogP contribution in [-0.2, 0) is 17.6 Å². The van der Waals surface area contributed by atoms with E-state index in [-0.39, 0.29) is 11.7 Å². The summed E-state index contributed by atoms with van der Waals surface area (Å²) >= 11 is 4.92. The second kappa shape index (κ2) is 8.95. The van der Waals surface area contributed by atoms with Gasteiger partial charge in [-0.1, -0.05) is 17.3 Å². The third-order valence-corrected chi connectivity index (χ3v) is 5.41. The molecule has 3 rings (SSSR count). The number of nitrogens with zero attached hydrogens (tertiary/aromatic N) is 2. The molecule has 2 aromatic heterocycles. The lowest BCUT2D eigenvalue weighted by atomic mass is 10.1. The maximum Gasteiger partial charge on any atom is 0.227 e. The summed E-state index contributed by atoms with van der Waals surface area (Å²) in [4.78, 5) is 17.2. The first kappa shape index (κ1) is 18.6. The largest absolute Gasteiger partial charge is 0.508 e. The Labute approximate surface area is 163 Å². The highest BCUT2D eigenvalue weighted by Crippen LogP contribution is 2.27. The first-order chi connectivity index (χ1) is 12.6. The number of aryl methyl sites for hydroxylation is 2. The van der Waals surface area contributed by atoms with Crippen molar-refractivity contribution in [3.8, 4) is 16.5 Å². The minimum Gasteiger partial charge on any atom is -0.508 e. The van der Waals surface area contributed by atoms with Crippen LogP contribution in [0, 0.1) is 0 Å². The lowest BCUT2D eigenvalue weighted by Gasteiger charge is -2.04. The van der Waals surface area contributed by atoms with Crippen LogP contribution in [0.15, 0.2) is 44.7 Å². The van der Waals surface area contributed by atoms with Crippen LogP contribution in [0.4, 0.5) is 0 Å². The van der Waals surface area contributed by atoms with E-state index < -0.39 is 0 Å². The number of halogens is 1. The Morgan fingerprint density at radius 1 is 1.27 bits per heavy atom. The minimum absolute atomic E-state index is 0.0330. The van der Waals surface area contributed by atoms with E-state index in [2.05, 4.69) is 31.4 Å². The lowest BCUT2D eigenvalue weighted by molar-refractivity contribution is -0.121. The van der Waals surface area contributed by atoms with Crippen LogP contribution < -0.4 is 5.32 Å². The highest BCUT2D eigenvalue weighted by atomic mass is 79.9. The Hall–Kier alpha value is -2.19. The summed E-state index contributed by atoms with van der Waals surface area (Å²) in [6, 6.07) is 9.04. The van der Waals surface area contributed by atoms with Crippen LogP contribution in [0.1, 0.15) is 24.3 Å². The highest BCUT2D eigenvalue weighted by Gasteiger charge is 2.12. The molecule has 0 atom stereocenters. The fourth-order valence-corrected chi connectivity index (χ4v) is 3.73. The number of phenolic OH excluding ortho intramolecular Hbond substituents is 1. The predicted molar refractivity (Wildman–Crippen MR) is 103 cm³/mol. The van der Waals surface area contributed by atoms with Crippen molar-refractivity contribution in [3.63, 3.8) is 0 Å². The van der Waals surface area contributed by atoms with Gasteiger partial charge in [0.1, 0.15) is 5.75 Å². The van der Waals surface area contributed by atoms with Gasteiger partial charge in [0, 0.05) is 29.2 Å². The fourth-order valence-electron chi connectivity index (χ4n) is 2.38. The van der Waals surface area contributed by atoms with Crippen LogP contribution in [0.25, 0.3) is 10.7 Å². The number of rotatable bonds is 8. The van der Waals surface area contributed by atoms with Crippen LogP contribution in [0.2, 0.25) is 0 Å². The third-order valence-electron chi connectivity index (χ3n) is 3.72. The van der Waals surface area contributed by atoms with Gasteiger partial charge in [0.05, 0.1) is 4.88 Å². The molecule has 0 aliphatic carbocycles. The third kappa shape index (κ3) is 5.40. The first-order valence-corrected chi connectivity index (χ1v) is 9.89. The smallest absolute Gasteiger partial charge is 0.227 e. The molecule has 136 valence electrons. The standard InChI is InChI=1S/C18H18BrN3O3S/c19-13-10-15(26-11-13)18-21-17(25-22-18)8-7-16(24)20-9-1-2-12-3-5-14(23)6-4-12/h3-6,10-11,23H,1-2,7-9H2,(H,20,24). The number of thiophene rings is 1. The van der Waals surface area contributed by atoms with Crippen LogP contribution in [-0.4, -0.2) is 27.7 Å². The average Bonchev–Trinajstić information content (AvgIpc) is 3.27. The van der Waals surface area contributed by atoms with Gasteiger partial charge in [-0.25, -0.2) is 0 Å². The van der Waals surface area contributed by atoms with Gasteiger partial charge in [-0.3, -0.25) is 4.79 Å². The Morgan fingerprint density at radius 2 is 2.08 bits per heavy atom. The van der Waals surface area contributed by atoms with Crippen molar-refractivity contribution < 1.29 is 14.4 Å². The van der Waals surface area contributed by atoms with E-state index in [9.17, 15) is 9.90 Å². The van der Waals surface area contributed by atoms with E-state index in [4.69, 9.17) is 4.52 Å². The Kier molecular flexibility index (Phi) is 6.40. The zero-order valence-electron chi connectivity index (χ0n) is 13.9. The van der Waals surface area contributed by atoms with E-state index in [1.165, 1.54) is 11.3 Å². The summed E-state index contributed by atoms with van der Waals surface area (Å²) in [5.74, 6) is 1.24. The second-order valence-corrected chi connectivity index (χ2v) is 7.59. The van der Waals surface area contributed by atoms with Crippen LogP contribution >= 0.6 is 27.3 Å². The number of benzene rings is 1. The van der Waals surface area contributed by atoms with Gasteiger partial charge in [-0.05, 0) is 52.5 Å². The van der Waals surface area contributed by atoms with Crippen molar-refractivity contribution in [2.75, 3.05) is 6.54 Å². The summed E-state index contributed by atoms with van der Waals surface area (Å²) in [5, 5.41) is 18.0. The molecular formula is C18H18BrN3O3S. The van der Waals surface area contributed by atoms with E-state index in [1.54, 1.807) is 12.1 Å². The van der Waals surface area contributed by atoms with Crippen LogP contribution in [0.5, 0.6) is 5.75 Å². The zero-order valence-corrected chi connectivity index (χ0v) is 16.3. The number of aromatic hydroxyl groups is 1. The Bertz CT molecular complexity index is 861. The molecular weight excluding hydrogens is 418 g/mol. The molecule has 2 N–H and O–H groups in total. The van der Waals surface area contributed by atoms with Gasteiger partial charge in [0.15, 0.2) is 0 Å². The lowest BCUT2D eigenvalue weighted by Crippen LogP contribution is -2.25. The normalized spacial score (nSPS) is 10.8. The van der Waals surface area contributed by atoms with Gasteiger partial charge in [-0.2, -0.15) is 4.98 Å². The van der Waals surface area contributed by atoms with Crippen LogP contribution in [0.3, 0.4) is 0 Å². The molecule has 0 spiro atoms. The molecule has 0 saturated heterocycles. The maximum atomic E-state index is 11.9. The quantitative estimate of drug-likeness (QED) is 0.522. The van der Waals surface area contributed by atoms with E-state index in [0.717, 1.165) is 27.8 Å². The van der Waals surface area contributed by atoms with E-state index in [1.807, 2.05) is 23.6 Å². The predicted octanol–water partition coefficient (Wildman–Crippen LogP) is 3.95. The van der Waals surface area contributed by atoms with Crippen molar-refractivity contribution in [1.29, 1.82) is 0 Å². The molecule has 1 aromatic carbocycles. The molecule has 0 saturated carbocycles. The SMILES string of the molecule is O=C(CCc1nc(-c2cc(Br)cs2)no1)NCCCc1ccc(O)cc1. The molecule has 1 amide bonds. The number of nitrogens with one attached hydrogen (secondary N) is 1. The van der Waals surface area contributed by atoms with Crippen molar-refractivity contribution >= 4 is 33.2 Å². The number of amides is 1. The Morgan fingerprint density at radius 3 is 2.81 bits per heavy atom. The maximum absolute atomic E-state index is 11.9. The summed E-state index contributed by atoms with van der Waals surface area (Å²) < 4.78 is 6.18. The number of hydrogen-bond acceptors (Lipinski definition) is 6. The molecule has 8 heteroatoms. The molecule has 0 unspecified atom stereocenters. The molecule has 26 heavy (non-hydrogen) atoms. The zero-order chi connectivity index (χ0) is 18.4. The van der Waals surface area contributed by atoms with Crippen molar-refractivity contribution in [1.82, 2.24) is 15.5 Å². The highest BCUT2D eigenvalue weighted by molar-refractivity contribution is 9.10. The minimum atomic E-state index is -0.0330. The summed E-state index contributed by atoms with van der Waals surface area (Å²) in [5.41, 5.74) is 1.13. The molecule has 3 aromatic rings. The molecule has 0 bridgehead atoms. The number of hydrogen-bond donors (Lipinski definition) is 2. The van der Waals surface area contributed by atoms with Crippen molar-refractivity contribution in [2.24, 2.45) is 0 Å². The van der Waals surface area contributed by atoms with Gasteiger partial charge in [0.25, 0.3) is 0 Å². The topological polar surface area (TPSA) is 88.2 Å². The van der Waals surface area contributed by atoms with Gasteiger partial charge >= 0.3 is 0 Å². The molecule has 0 fully saturated rings. The second-order valence-electron chi connectivity index (χ2n) is 5.76. The number of aromatic nitrogens is 2. The first-order valence-electron chi connectivity index (χ1n) is 8.22. The molecule has 0 radical (unpaired) electrons. The monoisotopic (exact) mass is 435 g/mol.